The molecule has 0 saturated carbocycles. The molecule has 1 saturated heterocycles. The van der Waals surface area contributed by atoms with Gasteiger partial charge in [-0.2, -0.15) is 0 Å². The SMILES string of the molecule is CNC(=O)[C@@H]1COCCN(C(C)C)C1. The standard InChI is InChI=1S/C10H20N2O2/c1-8(2)12-4-5-14-7-9(6-12)10(13)11-3/h8-9H,4-7H2,1-3H3,(H,11,13)/t9-/m0/s1. The molecule has 0 unspecified atom stereocenters. The van der Waals surface area contributed by atoms with Gasteiger partial charge in [0.1, 0.15) is 0 Å². The molecule has 0 aliphatic carbocycles. The summed E-state index contributed by atoms with van der Waals surface area (Å²) in [4.78, 5) is 13.8. The third-order valence-corrected chi connectivity index (χ3v) is 2.64. The molecule has 0 spiro atoms. The van der Waals surface area contributed by atoms with Gasteiger partial charge in [-0.15, -0.1) is 0 Å². The van der Waals surface area contributed by atoms with Gasteiger partial charge in [-0.05, 0) is 13.8 Å². The summed E-state index contributed by atoms with van der Waals surface area (Å²) in [5, 5.41) is 2.68. The number of amides is 1. The van der Waals surface area contributed by atoms with Gasteiger partial charge in [0, 0.05) is 26.2 Å². The van der Waals surface area contributed by atoms with E-state index in [2.05, 4.69) is 24.1 Å². The molecule has 0 radical (unpaired) electrons. The summed E-state index contributed by atoms with van der Waals surface area (Å²) in [5.41, 5.74) is 0. The maximum absolute atomic E-state index is 11.5. The zero-order chi connectivity index (χ0) is 10.6. The predicted octanol–water partition coefficient (Wildman–Crippen LogP) is 0.0892. The van der Waals surface area contributed by atoms with E-state index in [4.69, 9.17) is 4.74 Å². The lowest BCUT2D eigenvalue weighted by atomic mass is 10.1. The Hall–Kier alpha value is -0.610. The van der Waals surface area contributed by atoms with E-state index in [9.17, 15) is 4.79 Å². The molecule has 0 aromatic carbocycles. The minimum atomic E-state index is -0.0232. The summed E-state index contributed by atoms with van der Waals surface area (Å²) in [7, 11) is 1.67. The Kier molecular flexibility index (Phi) is 4.35. The van der Waals surface area contributed by atoms with Crippen molar-refractivity contribution in [2.75, 3.05) is 33.4 Å². The summed E-state index contributed by atoms with van der Waals surface area (Å²) < 4.78 is 5.41. The minimum Gasteiger partial charge on any atom is -0.379 e. The Morgan fingerprint density at radius 1 is 1.57 bits per heavy atom. The van der Waals surface area contributed by atoms with Crippen molar-refractivity contribution >= 4 is 5.91 Å². The van der Waals surface area contributed by atoms with Crippen molar-refractivity contribution in [1.29, 1.82) is 0 Å². The van der Waals surface area contributed by atoms with Crippen molar-refractivity contribution in [2.45, 2.75) is 19.9 Å². The summed E-state index contributed by atoms with van der Waals surface area (Å²) >= 11 is 0. The predicted molar refractivity (Wildman–Crippen MR) is 55.1 cm³/mol. The topological polar surface area (TPSA) is 41.6 Å². The van der Waals surface area contributed by atoms with E-state index in [0.717, 1.165) is 19.7 Å². The third kappa shape index (κ3) is 2.96. The second-order valence-corrected chi connectivity index (χ2v) is 3.97. The van der Waals surface area contributed by atoms with Crippen molar-refractivity contribution in [3.05, 3.63) is 0 Å². The molecule has 82 valence electrons. The van der Waals surface area contributed by atoms with Crippen LogP contribution >= 0.6 is 0 Å². The van der Waals surface area contributed by atoms with Crippen LogP contribution in [0.2, 0.25) is 0 Å². The first-order valence-corrected chi connectivity index (χ1v) is 5.18. The third-order valence-electron chi connectivity index (χ3n) is 2.64. The highest BCUT2D eigenvalue weighted by Gasteiger charge is 2.24. The van der Waals surface area contributed by atoms with Gasteiger partial charge in [-0.25, -0.2) is 0 Å². The fraction of sp³-hybridized carbons (Fsp3) is 0.900. The van der Waals surface area contributed by atoms with Crippen LogP contribution in [0, 0.1) is 5.92 Å². The van der Waals surface area contributed by atoms with Crippen molar-refractivity contribution in [3.63, 3.8) is 0 Å². The maximum atomic E-state index is 11.5. The molecule has 1 aliphatic heterocycles. The van der Waals surface area contributed by atoms with Crippen LogP contribution < -0.4 is 5.32 Å². The van der Waals surface area contributed by atoms with Crippen LogP contribution in [-0.4, -0.2) is 50.2 Å². The van der Waals surface area contributed by atoms with Gasteiger partial charge in [0.05, 0.1) is 19.1 Å². The fourth-order valence-electron chi connectivity index (χ4n) is 1.67. The normalized spacial score (nSPS) is 24.7. The molecule has 4 heteroatoms. The Morgan fingerprint density at radius 2 is 2.29 bits per heavy atom. The first-order chi connectivity index (χ1) is 6.65. The number of ether oxygens (including phenoxy) is 1. The van der Waals surface area contributed by atoms with E-state index in [1.165, 1.54) is 0 Å². The van der Waals surface area contributed by atoms with Gasteiger partial charge in [0.2, 0.25) is 5.91 Å². The highest BCUT2D eigenvalue weighted by Crippen LogP contribution is 2.09. The molecule has 0 aromatic rings. The van der Waals surface area contributed by atoms with E-state index in [1.54, 1.807) is 7.05 Å². The monoisotopic (exact) mass is 200 g/mol. The number of carbonyl (C=O) groups is 1. The van der Waals surface area contributed by atoms with Crippen LogP contribution in [0.15, 0.2) is 0 Å². The molecule has 1 rings (SSSR count). The number of carbonyl (C=O) groups excluding carboxylic acids is 1. The number of hydrogen-bond acceptors (Lipinski definition) is 3. The Morgan fingerprint density at radius 3 is 2.86 bits per heavy atom. The van der Waals surface area contributed by atoms with Gasteiger partial charge in [-0.1, -0.05) is 0 Å². The number of rotatable bonds is 2. The van der Waals surface area contributed by atoms with Gasteiger partial charge >= 0.3 is 0 Å². The first kappa shape index (κ1) is 11.5. The Balaban J connectivity index is 2.55. The second-order valence-electron chi connectivity index (χ2n) is 3.97. The zero-order valence-corrected chi connectivity index (χ0v) is 9.25. The molecule has 1 fully saturated rings. The summed E-state index contributed by atoms with van der Waals surface area (Å²) in [6, 6.07) is 0.476. The summed E-state index contributed by atoms with van der Waals surface area (Å²) in [6.07, 6.45) is 0. The summed E-state index contributed by atoms with van der Waals surface area (Å²) in [5.74, 6) is 0.0578. The highest BCUT2D eigenvalue weighted by atomic mass is 16.5. The first-order valence-electron chi connectivity index (χ1n) is 5.18. The van der Waals surface area contributed by atoms with Crippen LogP contribution in [0.1, 0.15) is 13.8 Å². The number of hydrogen-bond donors (Lipinski definition) is 1. The van der Waals surface area contributed by atoms with Crippen molar-refractivity contribution in [2.24, 2.45) is 5.92 Å². The van der Waals surface area contributed by atoms with E-state index in [-0.39, 0.29) is 11.8 Å². The quantitative estimate of drug-likeness (QED) is 0.687. The molecule has 4 nitrogen and oxygen atoms in total. The lowest BCUT2D eigenvalue weighted by Crippen LogP contribution is -2.41. The van der Waals surface area contributed by atoms with Gasteiger partial charge in [0.15, 0.2) is 0 Å². The fourth-order valence-corrected chi connectivity index (χ4v) is 1.67. The average Bonchev–Trinajstić information content (AvgIpc) is 2.41. The van der Waals surface area contributed by atoms with E-state index in [0.29, 0.717) is 12.6 Å². The maximum Gasteiger partial charge on any atom is 0.226 e. The molecule has 1 aliphatic rings. The van der Waals surface area contributed by atoms with Crippen molar-refractivity contribution < 1.29 is 9.53 Å². The smallest absolute Gasteiger partial charge is 0.226 e. The molecule has 1 amide bonds. The van der Waals surface area contributed by atoms with E-state index in [1.807, 2.05) is 0 Å². The molecular formula is C10H20N2O2. The molecular weight excluding hydrogens is 180 g/mol. The second kappa shape index (κ2) is 5.32. The lowest BCUT2D eigenvalue weighted by molar-refractivity contribution is -0.126. The molecule has 1 heterocycles. The van der Waals surface area contributed by atoms with Crippen molar-refractivity contribution in [3.8, 4) is 0 Å². The highest BCUT2D eigenvalue weighted by molar-refractivity contribution is 5.78. The minimum absolute atomic E-state index is 0.0232. The zero-order valence-electron chi connectivity index (χ0n) is 9.25. The average molecular weight is 200 g/mol. The van der Waals surface area contributed by atoms with E-state index < -0.39 is 0 Å². The molecule has 1 N–H and O–H groups in total. The molecule has 0 bridgehead atoms. The number of nitrogens with one attached hydrogen (secondary N) is 1. The molecule has 0 aromatic heterocycles. The Labute approximate surface area is 85.6 Å². The Bertz CT molecular complexity index is 195. The van der Waals surface area contributed by atoms with Crippen LogP contribution in [0.5, 0.6) is 0 Å². The number of nitrogens with zero attached hydrogens (tertiary/aromatic N) is 1. The van der Waals surface area contributed by atoms with Gasteiger partial charge < -0.3 is 10.1 Å². The van der Waals surface area contributed by atoms with Crippen LogP contribution in [0.4, 0.5) is 0 Å². The van der Waals surface area contributed by atoms with Crippen LogP contribution in [0.25, 0.3) is 0 Å². The van der Waals surface area contributed by atoms with Crippen molar-refractivity contribution in [1.82, 2.24) is 10.2 Å². The largest absolute Gasteiger partial charge is 0.379 e. The van der Waals surface area contributed by atoms with E-state index >= 15 is 0 Å². The summed E-state index contributed by atoms with van der Waals surface area (Å²) in [6.45, 7) is 7.29. The lowest BCUT2D eigenvalue weighted by Gasteiger charge is -2.26. The molecule has 1 atom stereocenters. The van der Waals surface area contributed by atoms with Crippen LogP contribution in [0.3, 0.4) is 0 Å². The molecule has 14 heavy (non-hydrogen) atoms. The van der Waals surface area contributed by atoms with Gasteiger partial charge in [-0.3, -0.25) is 9.69 Å². The van der Waals surface area contributed by atoms with Gasteiger partial charge in [0.25, 0.3) is 0 Å². The van der Waals surface area contributed by atoms with Crippen LogP contribution in [-0.2, 0) is 9.53 Å².